The predicted octanol–water partition coefficient (Wildman–Crippen LogP) is 4.11. The van der Waals surface area contributed by atoms with E-state index < -0.39 is 0 Å². The van der Waals surface area contributed by atoms with Crippen LogP contribution in [-0.2, 0) is 0 Å². The Morgan fingerprint density at radius 3 is 2.39 bits per heavy atom. The van der Waals surface area contributed by atoms with Crippen LogP contribution in [0, 0.1) is 13.8 Å². The van der Waals surface area contributed by atoms with Crippen molar-refractivity contribution in [2.24, 2.45) is 0 Å². The second-order valence-corrected chi connectivity index (χ2v) is 6.29. The second-order valence-electron chi connectivity index (χ2n) is 6.29. The Labute approximate surface area is 163 Å². The summed E-state index contributed by atoms with van der Waals surface area (Å²) >= 11 is 0. The Bertz CT molecular complexity index is 984. The predicted molar refractivity (Wildman–Crippen MR) is 109 cm³/mol. The maximum atomic E-state index is 12.7. The van der Waals surface area contributed by atoms with Crippen LogP contribution in [0.15, 0.2) is 48.7 Å². The molecule has 0 saturated heterocycles. The zero-order valence-corrected chi connectivity index (χ0v) is 16.2. The normalized spacial score (nSPS) is 10.3. The summed E-state index contributed by atoms with van der Waals surface area (Å²) in [5.41, 5.74) is 3.84. The molecule has 0 atom stereocenters. The van der Waals surface area contributed by atoms with Crippen LogP contribution in [0.25, 0.3) is 0 Å². The fraction of sp³-hybridized carbons (Fsp3) is 0.190. The van der Waals surface area contributed by atoms with Crippen LogP contribution in [0.4, 0.5) is 17.3 Å². The van der Waals surface area contributed by atoms with Gasteiger partial charge >= 0.3 is 0 Å². The van der Waals surface area contributed by atoms with Crippen LogP contribution in [0.5, 0.6) is 11.5 Å². The Kier molecular flexibility index (Phi) is 5.74. The third-order valence-electron chi connectivity index (χ3n) is 4.02. The number of benzene rings is 2. The summed E-state index contributed by atoms with van der Waals surface area (Å²) < 4.78 is 10.5. The first-order valence-electron chi connectivity index (χ1n) is 8.70. The molecule has 0 aliphatic rings. The van der Waals surface area contributed by atoms with E-state index in [1.807, 2.05) is 26.0 Å². The summed E-state index contributed by atoms with van der Waals surface area (Å²) in [5.74, 6) is 1.10. The van der Waals surface area contributed by atoms with Crippen molar-refractivity contribution in [3.63, 3.8) is 0 Å². The van der Waals surface area contributed by atoms with E-state index >= 15 is 0 Å². The zero-order chi connectivity index (χ0) is 20.1. The molecule has 28 heavy (non-hydrogen) atoms. The minimum atomic E-state index is -0.377. The minimum absolute atomic E-state index is 0.228. The molecule has 0 bridgehead atoms. The summed E-state index contributed by atoms with van der Waals surface area (Å²) in [4.78, 5) is 21.2. The Hall–Kier alpha value is -3.61. The molecule has 0 aliphatic carbocycles. The quantitative estimate of drug-likeness (QED) is 0.671. The number of nitrogens with one attached hydrogen (secondary N) is 2. The summed E-state index contributed by atoms with van der Waals surface area (Å²) in [6.07, 6.45) is 1.54. The van der Waals surface area contributed by atoms with Gasteiger partial charge in [-0.05, 0) is 55.3 Å². The number of rotatable bonds is 6. The standard InChI is InChI=1S/C21H22N4O3/c1-13-9-14(2)11-15(10-13)23-21-22-8-7-17(25-21)20(26)24-18-12-16(27-3)5-6-19(18)28-4/h5-12H,1-4H3,(H,24,26)(H,22,23,25). The smallest absolute Gasteiger partial charge is 0.274 e. The highest BCUT2D eigenvalue weighted by molar-refractivity contribution is 6.04. The SMILES string of the molecule is COc1ccc(OC)c(NC(=O)c2ccnc(Nc3cc(C)cc(C)c3)n2)c1. The molecule has 7 nitrogen and oxygen atoms in total. The van der Waals surface area contributed by atoms with Gasteiger partial charge < -0.3 is 20.1 Å². The van der Waals surface area contributed by atoms with Crippen LogP contribution in [-0.4, -0.2) is 30.1 Å². The van der Waals surface area contributed by atoms with Crippen LogP contribution < -0.4 is 20.1 Å². The maximum Gasteiger partial charge on any atom is 0.274 e. The third-order valence-corrected chi connectivity index (χ3v) is 4.02. The van der Waals surface area contributed by atoms with E-state index in [1.165, 1.54) is 13.3 Å². The maximum absolute atomic E-state index is 12.7. The topological polar surface area (TPSA) is 85.4 Å². The highest BCUT2D eigenvalue weighted by Gasteiger charge is 2.13. The zero-order valence-electron chi connectivity index (χ0n) is 16.2. The first-order valence-corrected chi connectivity index (χ1v) is 8.70. The lowest BCUT2D eigenvalue weighted by molar-refractivity contribution is 0.102. The number of hydrogen-bond acceptors (Lipinski definition) is 6. The summed E-state index contributed by atoms with van der Waals surface area (Å²) in [5, 5.41) is 5.94. The number of ether oxygens (including phenoxy) is 2. The van der Waals surface area contributed by atoms with Crippen molar-refractivity contribution >= 4 is 23.2 Å². The lowest BCUT2D eigenvalue weighted by Gasteiger charge is -2.12. The number of hydrogen-bond donors (Lipinski definition) is 2. The number of anilines is 3. The molecular formula is C21H22N4O3. The molecule has 0 radical (unpaired) electrons. The molecule has 1 heterocycles. The van der Waals surface area contributed by atoms with E-state index in [0.717, 1.165) is 16.8 Å². The fourth-order valence-corrected chi connectivity index (χ4v) is 2.82. The molecule has 0 saturated carbocycles. The van der Waals surface area contributed by atoms with Gasteiger partial charge in [0, 0.05) is 18.0 Å². The van der Waals surface area contributed by atoms with Gasteiger partial charge in [-0.15, -0.1) is 0 Å². The number of nitrogens with zero attached hydrogens (tertiary/aromatic N) is 2. The van der Waals surface area contributed by atoms with Gasteiger partial charge in [0.25, 0.3) is 5.91 Å². The number of aromatic nitrogens is 2. The van der Waals surface area contributed by atoms with E-state index in [4.69, 9.17) is 9.47 Å². The molecule has 2 N–H and O–H groups in total. The van der Waals surface area contributed by atoms with Crippen LogP contribution >= 0.6 is 0 Å². The fourth-order valence-electron chi connectivity index (χ4n) is 2.82. The molecule has 3 aromatic rings. The van der Waals surface area contributed by atoms with E-state index in [1.54, 1.807) is 31.4 Å². The molecule has 0 unspecified atom stereocenters. The minimum Gasteiger partial charge on any atom is -0.497 e. The van der Waals surface area contributed by atoms with E-state index in [9.17, 15) is 4.79 Å². The van der Waals surface area contributed by atoms with E-state index in [-0.39, 0.29) is 11.6 Å². The first-order chi connectivity index (χ1) is 13.5. The van der Waals surface area contributed by atoms with Gasteiger partial charge in [0.1, 0.15) is 17.2 Å². The van der Waals surface area contributed by atoms with Crippen molar-refractivity contribution in [3.05, 3.63) is 65.5 Å². The van der Waals surface area contributed by atoms with Gasteiger partial charge in [-0.3, -0.25) is 4.79 Å². The van der Waals surface area contributed by atoms with E-state index in [0.29, 0.717) is 23.1 Å². The van der Waals surface area contributed by atoms with Crippen LogP contribution in [0.2, 0.25) is 0 Å². The summed E-state index contributed by atoms with van der Waals surface area (Å²) in [6, 6.07) is 12.8. The summed E-state index contributed by atoms with van der Waals surface area (Å²) in [7, 11) is 3.09. The van der Waals surface area contributed by atoms with Crippen molar-refractivity contribution < 1.29 is 14.3 Å². The van der Waals surface area contributed by atoms with Gasteiger partial charge in [-0.25, -0.2) is 9.97 Å². The van der Waals surface area contributed by atoms with Crippen molar-refractivity contribution in [1.82, 2.24) is 9.97 Å². The highest BCUT2D eigenvalue weighted by atomic mass is 16.5. The van der Waals surface area contributed by atoms with Crippen LogP contribution in [0.1, 0.15) is 21.6 Å². The van der Waals surface area contributed by atoms with Gasteiger partial charge in [0.15, 0.2) is 0 Å². The van der Waals surface area contributed by atoms with Gasteiger partial charge in [0.05, 0.1) is 19.9 Å². The molecule has 3 rings (SSSR count). The van der Waals surface area contributed by atoms with Crippen molar-refractivity contribution in [2.75, 3.05) is 24.9 Å². The summed E-state index contributed by atoms with van der Waals surface area (Å²) in [6.45, 7) is 4.04. The molecule has 0 aliphatic heterocycles. The largest absolute Gasteiger partial charge is 0.497 e. The number of carbonyl (C=O) groups is 1. The molecule has 1 amide bonds. The first kappa shape index (κ1) is 19.2. The van der Waals surface area contributed by atoms with Gasteiger partial charge in [0.2, 0.25) is 5.95 Å². The molecule has 0 spiro atoms. The molecule has 2 aromatic carbocycles. The Balaban J connectivity index is 1.81. The number of amides is 1. The molecular weight excluding hydrogens is 356 g/mol. The number of methoxy groups -OCH3 is 2. The Morgan fingerprint density at radius 2 is 1.71 bits per heavy atom. The number of carbonyl (C=O) groups excluding carboxylic acids is 1. The molecule has 7 heteroatoms. The lowest BCUT2D eigenvalue weighted by atomic mass is 10.1. The molecule has 1 aromatic heterocycles. The monoisotopic (exact) mass is 378 g/mol. The van der Waals surface area contributed by atoms with Crippen LogP contribution in [0.3, 0.4) is 0 Å². The second kappa shape index (κ2) is 8.39. The van der Waals surface area contributed by atoms with Crippen molar-refractivity contribution in [1.29, 1.82) is 0 Å². The molecule has 0 fully saturated rings. The van der Waals surface area contributed by atoms with Crippen molar-refractivity contribution in [2.45, 2.75) is 13.8 Å². The number of aryl methyl sites for hydroxylation is 2. The Morgan fingerprint density at radius 1 is 0.964 bits per heavy atom. The van der Waals surface area contributed by atoms with Gasteiger partial charge in [-0.1, -0.05) is 6.07 Å². The highest BCUT2D eigenvalue weighted by Crippen LogP contribution is 2.29. The van der Waals surface area contributed by atoms with Gasteiger partial charge in [-0.2, -0.15) is 0 Å². The molecule has 144 valence electrons. The third kappa shape index (κ3) is 4.56. The average Bonchev–Trinajstić information content (AvgIpc) is 2.67. The average molecular weight is 378 g/mol. The van der Waals surface area contributed by atoms with Crippen molar-refractivity contribution in [3.8, 4) is 11.5 Å². The lowest BCUT2D eigenvalue weighted by Crippen LogP contribution is -2.15. The van der Waals surface area contributed by atoms with E-state index in [2.05, 4.69) is 26.7 Å².